The zero-order valence-electron chi connectivity index (χ0n) is 10.1. The van der Waals surface area contributed by atoms with Gasteiger partial charge in [-0.2, -0.15) is 0 Å². The molecular weight excluding hydrogens is 262 g/mol. The third-order valence-electron chi connectivity index (χ3n) is 2.93. The highest BCUT2D eigenvalue weighted by Crippen LogP contribution is 2.26. The van der Waals surface area contributed by atoms with E-state index >= 15 is 0 Å². The Balaban J connectivity index is 2.42. The Hall–Kier alpha value is -1.15. The predicted molar refractivity (Wildman–Crippen MR) is 62.3 cm³/mol. The lowest BCUT2D eigenvalue weighted by Gasteiger charge is -2.12. The molecular formula is C10H17NO6S. The minimum atomic E-state index is -3.56. The van der Waals surface area contributed by atoms with Crippen LogP contribution in [0.4, 0.5) is 0 Å². The normalized spacial score (nSPS) is 23.8. The van der Waals surface area contributed by atoms with Crippen molar-refractivity contribution in [1.29, 1.82) is 0 Å². The van der Waals surface area contributed by atoms with Crippen molar-refractivity contribution in [3.8, 4) is 0 Å². The number of rotatable bonds is 6. The summed E-state index contributed by atoms with van der Waals surface area (Å²) in [5, 5.41) is 8.80. The average Bonchev–Trinajstić information content (AvgIpc) is 2.73. The molecule has 0 aliphatic heterocycles. The van der Waals surface area contributed by atoms with Crippen LogP contribution in [0.5, 0.6) is 0 Å². The zero-order chi connectivity index (χ0) is 13.8. The van der Waals surface area contributed by atoms with E-state index in [-0.39, 0.29) is 18.2 Å². The van der Waals surface area contributed by atoms with Gasteiger partial charge in [0.1, 0.15) is 0 Å². The quantitative estimate of drug-likeness (QED) is 0.647. The van der Waals surface area contributed by atoms with Crippen molar-refractivity contribution in [2.45, 2.75) is 31.7 Å². The van der Waals surface area contributed by atoms with Gasteiger partial charge in [0.2, 0.25) is 10.0 Å². The largest absolute Gasteiger partial charge is 0.481 e. The first kappa shape index (κ1) is 14.9. The Morgan fingerprint density at radius 3 is 2.56 bits per heavy atom. The van der Waals surface area contributed by atoms with E-state index in [9.17, 15) is 18.0 Å². The van der Waals surface area contributed by atoms with Gasteiger partial charge in [-0.3, -0.25) is 9.59 Å². The van der Waals surface area contributed by atoms with E-state index < -0.39 is 27.9 Å². The van der Waals surface area contributed by atoms with Gasteiger partial charge in [-0.15, -0.1) is 0 Å². The molecule has 7 nitrogen and oxygen atoms in total. The maximum atomic E-state index is 11.6. The minimum absolute atomic E-state index is 0.207. The van der Waals surface area contributed by atoms with E-state index in [1.54, 1.807) is 0 Å². The topological polar surface area (TPSA) is 110 Å². The SMILES string of the molecule is COC(=O)CCS(=O)(=O)N[C@H]1CC[C@@H](C(=O)O)C1. The van der Waals surface area contributed by atoms with Crippen molar-refractivity contribution in [2.75, 3.05) is 12.9 Å². The molecule has 0 radical (unpaired) electrons. The first-order chi connectivity index (χ1) is 8.34. The fourth-order valence-electron chi connectivity index (χ4n) is 1.95. The van der Waals surface area contributed by atoms with Crippen LogP contribution >= 0.6 is 0 Å². The molecule has 0 aromatic carbocycles. The molecule has 0 amide bonds. The minimum Gasteiger partial charge on any atom is -0.481 e. The number of ether oxygens (including phenoxy) is 1. The van der Waals surface area contributed by atoms with Gasteiger partial charge in [-0.25, -0.2) is 13.1 Å². The Labute approximate surface area is 106 Å². The van der Waals surface area contributed by atoms with E-state index in [1.807, 2.05) is 0 Å². The number of carbonyl (C=O) groups is 2. The Morgan fingerprint density at radius 2 is 2.06 bits per heavy atom. The van der Waals surface area contributed by atoms with Crippen LogP contribution in [0, 0.1) is 5.92 Å². The van der Waals surface area contributed by atoms with Gasteiger partial charge in [0.05, 0.1) is 25.2 Å². The molecule has 1 aliphatic rings. The Bertz CT molecular complexity index is 418. The summed E-state index contributed by atoms with van der Waals surface area (Å²) in [6.45, 7) is 0. The van der Waals surface area contributed by atoms with Crippen molar-refractivity contribution >= 4 is 22.0 Å². The zero-order valence-corrected chi connectivity index (χ0v) is 10.9. The summed E-state index contributed by atoms with van der Waals surface area (Å²) in [6, 6.07) is -0.353. The van der Waals surface area contributed by atoms with Crippen LogP contribution in [-0.2, 0) is 24.3 Å². The summed E-state index contributed by atoms with van der Waals surface area (Å²) in [7, 11) is -2.37. The number of carboxylic acid groups (broad SMARTS) is 1. The molecule has 1 saturated carbocycles. The summed E-state index contributed by atoms with van der Waals surface area (Å²) in [5.74, 6) is -2.31. The number of carboxylic acids is 1. The highest BCUT2D eigenvalue weighted by molar-refractivity contribution is 7.89. The van der Waals surface area contributed by atoms with Crippen LogP contribution < -0.4 is 4.72 Å². The maximum Gasteiger partial charge on any atom is 0.306 e. The van der Waals surface area contributed by atoms with Crippen LogP contribution in [-0.4, -0.2) is 44.4 Å². The lowest BCUT2D eigenvalue weighted by molar-refractivity contribution is -0.141. The second-order valence-electron chi connectivity index (χ2n) is 4.31. The number of esters is 1. The lowest BCUT2D eigenvalue weighted by Crippen LogP contribution is -2.35. The predicted octanol–water partition coefficient (Wildman–Crippen LogP) is -0.278. The van der Waals surface area contributed by atoms with Crippen LogP contribution in [0.25, 0.3) is 0 Å². The summed E-state index contributed by atoms with van der Waals surface area (Å²) in [5.41, 5.74) is 0. The summed E-state index contributed by atoms with van der Waals surface area (Å²) in [4.78, 5) is 21.6. The molecule has 0 aromatic heterocycles. The molecule has 8 heteroatoms. The van der Waals surface area contributed by atoms with Crippen LogP contribution in [0.1, 0.15) is 25.7 Å². The van der Waals surface area contributed by atoms with E-state index in [4.69, 9.17) is 5.11 Å². The first-order valence-corrected chi connectivity index (χ1v) is 7.29. The summed E-state index contributed by atoms with van der Waals surface area (Å²) >= 11 is 0. The number of carbonyl (C=O) groups excluding carboxylic acids is 1. The molecule has 0 aromatic rings. The monoisotopic (exact) mass is 279 g/mol. The Kier molecular flexibility index (Phi) is 5.09. The highest BCUT2D eigenvalue weighted by atomic mass is 32.2. The number of methoxy groups -OCH3 is 1. The fourth-order valence-corrected chi connectivity index (χ4v) is 3.22. The standard InChI is InChI=1S/C10H17NO6S/c1-17-9(12)4-5-18(15,16)11-8-3-2-7(6-8)10(13)14/h7-8,11H,2-6H2,1H3,(H,13,14)/t7-,8+/m1/s1. The smallest absolute Gasteiger partial charge is 0.306 e. The molecule has 1 rings (SSSR count). The van der Waals surface area contributed by atoms with Gasteiger partial charge in [0.25, 0.3) is 0 Å². The second kappa shape index (κ2) is 6.14. The molecule has 0 heterocycles. The fraction of sp³-hybridized carbons (Fsp3) is 0.800. The number of hydrogen-bond donors (Lipinski definition) is 2. The molecule has 0 saturated heterocycles. The molecule has 18 heavy (non-hydrogen) atoms. The molecule has 0 spiro atoms. The Morgan fingerprint density at radius 1 is 1.39 bits per heavy atom. The molecule has 104 valence electrons. The van der Waals surface area contributed by atoms with Crippen molar-refractivity contribution < 1.29 is 27.9 Å². The third-order valence-corrected chi connectivity index (χ3v) is 4.36. The first-order valence-electron chi connectivity index (χ1n) is 5.63. The van der Waals surface area contributed by atoms with Gasteiger partial charge >= 0.3 is 11.9 Å². The molecule has 0 bridgehead atoms. The van der Waals surface area contributed by atoms with E-state index in [0.717, 1.165) is 0 Å². The molecule has 2 atom stereocenters. The number of hydrogen-bond acceptors (Lipinski definition) is 5. The summed E-state index contributed by atoms with van der Waals surface area (Å²) in [6.07, 6.45) is 1.07. The molecule has 1 fully saturated rings. The van der Waals surface area contributed by atoms with Crippen LogP contribution in [0.2, 0.25) is 0 Å². The third kappa shape index (κ3) is 4.61. The van der Waals surface area contributed by atoms with Crippen molar-refractivity contribution in [3.05, 3.63) is 0 Å². The van der Waals surface area contributed by atoms with Gasteiger partial charge in [-0.05, 0) is 19.3 Å². The van der Waals surface area contributed by atoms with Crippen LogP contribution in [0.3, 0.4) is 0 Å². The van der Waals surface area contributed by atoms with Gasteiger partial charge in [0.15, 0.2) is 0 Å². The van der Waals surface area contributed by atoms with E-state index in [0.29, 0.717) is 19.3 Å². The molecule has 0 unspecified atom stereocenters. The van der Waals surface area contributed by atoms with Gasteiger partial charge in [0, 0.05) is 6.04 Å². The number of sulfonamides is 1. The molecule has 1 aliphatic carbocycles. The van der Waals surface area contributed by atoms with Gasteiger partial charge < -0.3 is 9.84 Å². The van der Waals surface area contributed by atoms with E-state index in [1.165, 1.54) is 7.11 Å². The van der Waals surface area contributed by atoms with Crippen molar-refractivity contribution in [1.82, 2.24) is 4.72 Å². The second-order valence-corrected chi connectivity index (χ2v) is 6.18. The maximum absolute atomic E-state index is 11.6. The van der Waals surface area contributed by atoms with Crippen LogP contribution in [0.15, 0.2) is 0 Å². The highest BCUT2D eigenvalue weighted by Gasteiger charge is 2.32. The van der Waals surface area contributed by atoms with E-state index in [2.05, 4.69) is 9.46 Å². The van der Waals surface area contributed by atoms with Crippen molar-refractivity contribution in [3.63, 3.8) is 0 Å². The van der Waals surface area contributed by atoms with Gasteiger partial charge in [-0.1, -0.05) is 0 Å². The number of aliphatic carboxylic acids is 1. The number of nitrogens with one attached hydrogen (secondary N) is 1. The van der Waals surface area contributed by atoms with Crippen molar-refractivity contribution in [2.24, 2.45) is 5.92 Å². The average molecular weight is 279 g/mol. The lowest BCUT2D eigenvalue weighted by atomic mass is 10.1. The molecule has 2 N–H and O–H groups in total. The summed E-state index contributed by atoms with van der Waals surface area (Å²) < 4.78 is 30.0.